The van der Waals surface area contributed by atoms with E-state index in [4.69, 9.17) is 4.74 Å². The Bertz CT molecular complexity index is 401. The van der Waals surface area contributed by atoms with Crippen LogP contribution >= 0.6 is 15.9 Å². The van der Waals surface area contributed by atoms with Crippen molar-refractivity contribution in [3.05, 3.63) is 34.6 Å². The summed E-state index contributed by atoms with van der Waals surface area (Å²) in [5.74, 6) is 1.49. The maximum absolute atomic E-state index is 5.49. The fourth-order valence-corrected chi connectivity index (χ4v) is 1.34. The highest BCUT2D eigenvalue weighted by Gasteiger charge is 1.98. The van der Waals surface area contributed by atoms with Gasteiger partial charge in [-0.25, -0.2) is 0 Å². The Hall–Kier alpha value is -1.43. The predicted molar refractivity (Wildman–Crippen MR) is 57.5 cm³/mol. The fraction of sp³-hybridized carbons (Fsp3) is 0.222. The summed E-state index contributed by atoms with van der Waals surface area (Å²) < 4.78 is 6.53. The lowest BCUT2D eigenvalue weighted by atomic mass is 10.3. The van der Waals surface area contributed by atoms with E-state index in [1.54, 1.807) is 0 Å². The molecule has 6 heteroatoms. The van der Waals surface area contributed by atoms with Crippen LogP contribution in [0.15, 0.2) is 28.7 Å². The molecule has 1 heterocycles. The first-order valence-corrected chi connectivity index (χ1v) is 5.24. The molecule has 0 atom stereocenters. The number of rotatable bonds is 4. The van der Waals surface area contributed by atoms with Crippen LogP contribution in [0.3, 0.4) is 0 Å². The fourth-order valence-electron chi connectivity index (χ4n) is 1.08. The molecule has 1 aromatic carbocycles. The number of benzene rings is 1. The van der Waals surface area contributed by atoms with Crippen molar-refractivity contribution < 1.29 is 4.74 Å². The first-order chi connectivity index (χ1) is 7.34. The van der Waals surface area contributed by atoms with Crippen molar-refractivity contribution in [2.45, 2.75) is 6.42 Å². The minimum atomic E-state index is 0.543. The van der Waals surface area contributed by atoms with Gasteiger partial charge in [0.05, 0.1) is 6.61 Å². The van der Waals surface area contributed by atoms with Crippen molar-refractivity contribution >= 4 is 15.9 Å². The van der Waals surface area contributed by atoms with Crippen molar-refractivity contribution in [1.82, 2.24) is 20.6 Å². The van der Waals surface area contributed by atoms with Gasteiger partial charge in [0.25, 0.3) is 0 Å². The maximum Gasteiger partial charge on any atom is 0.177 e. The zero-order valence-corrected chi connectivity index (χ0v) is 9.44. The molecule has 2 rings (SSSR count). The Kier molecular flexibility index (Phi) is 3.29. The number of hydrogen-bond donors (Lipinski definition) is 1. The van der Waals surface area contributed by atoms with E-state index in [0.29, 0.717) is 18.9 Å². The molecule has 0 fully saturated rings. The van der Waals surface area contributed by atoms with Gasteiger partial charge >= 0.3 is 0 Å². The Morgan fingerprint density at radius 1 is 1.27 bits per heavy atom. The molecule has 0 amide bonds. The number of tetrazole rings is 1. The maximum atomic E-state index is 5.49. The van der Waals surface area contributed by atoms with Crippen molar-refractivity contribution in [3.8, 4) is 5.75 Å². The second kappa shape index (κ2) is 4.88. The molecule has 2 aromatic rings. The Morgan fingerprint density at radius 3 is 2.73 bits per heavy atom. The molecule has 0 aliphatic rings. The Morgan fingerprint density at radius 2 is 2.07 bits per heavy atom. The SMILES string of the molecule is Brc1ccc(OCCc2nn[nH]n2)cc1. The normalized spacial score (nSPS) is 10.2. The van der Waals surface area contributed by atoms with Crippen LogP contribution in [0, 0.1) is 0 Å². The van der Waals surface area contributed by atoms with E-state index < -0.39 is 0 Å². The molecule has 0 bridgehead atoms. The second-order valence-electron chi connectivity index (χ2n) is 2.88. The molecule has 78 valence electrons. The van der Waals surface area contributed by atoms with Crippen molar-refractivity contribution in [1.29, 1.82) is 0 Å². The van der Waals surface area contributed by atoms with Crippen LogP contribution in [0.4, 0.5) is 0 Å². The first kappa shape index (κ1) is 10.1. The summed E-state index contributed by atoms with van der Waals surface area (Å²) in [6.07, 6.45) is 0.645. The van der Waals surface area contributed by atoms with Gasteiger partial charge in [0.1, 0.15) is 5.75 Å². The summed E-state index contributed by atoms with van der Waals surface area (Å²) in [5.41, 5.74) is 0. The lowest BCUT2D eigenvalue weighted by Crippen LogP contribution is -2.02. The highest BCUT2D eigenvalue weighted by Crippen LogP contribution is 2.15. The van der Waals surface area contributed by atoms with Gasteiger partial charge in [-0.15, -0.1) is 10.2 Å². The Labute approximate surface area is 95.0 Å². The molecule has 0 saturated heterocycles. The molecule has 0 aliphatic carbocycles. The highest BCUT2D eigenvalue weighted by atomic mass is 79.9. The monoisotopic (exact) mass is 268 g/mol. The number of ether oxygens (including phenoxy) is 1. The van der Waals surface area contributed by atoms with Crippen LogP contribution in [-0.2, 0) is 6.42 Å². The van der Waals surface area contributed by atoms with Gasteiger partial charge in [-0.2, -0.15) is 5.21 Å². The highest BCUT2D eigenvalue weighted by molar-refractivity contribution is 9.10. The van der Waals surface area contributed by atoms with Crippen LogP contribution in [0.5, 0.6) is 5.75 Å². The van der Waals surface area contributed by atoms with Crippen LogP contribution < -0.4 is 4.74 Å². The first-order valence-electron chi connectivity index (χ1n) is 4.45. The summed E-state index contributed by atoms with van der Waals surface area (Å²) in [4.78, 5) is 0. The van der Waals surface area contributed by atoms with Gasteiger partial charge in [-0.05, 0) is 24.3 Å². The van der Waals surface area contributed by atoms with E-state index >= 15 is 0 Å². The number of H-pyrrole nitrogens is 1. The molecule has 15 heavy (non-hydrogen) atoms. The summed E-state index contributed by atoms with van der Waals surface area (Å²) >= 11 is 3.36. The van der Waals surface area contributed by atoms with Crippen LogP contribution in [0.2, 0.25) is 0 Å². The zero-order chi connectivity index (χ0) is 10.5. The lowest BCUT2D eigenvalue weighted by Gasteiger charge is -2.03. The van der Waals surface area contributed by atoms with Gasteiger partial charge in [-0.3, -0.25) is 0 Å². The van der Waals surface area contributed by atoms with Gasteiger partial charge in [0, 0.05) is 10.9 Å². The van der Waals surface area contributed by atoms with Crippen molar-refractivity contribution in [3.63, 3.8) is 0 Å². The molecule has 1 N–H and O–H groups in total. The third-order valence-corrected chi connectivity index (χ3v) is 2.33. The summed E-state index contributed by atoms with van der Waals surface area (Å²) in [6, 6.07) is 7.67. The average molecular weight is 269 g/mol. The van der Waals surface area contributed by atoms with Gasteiger partial charge in [0.2, 0.25) is 0 Å². The molecule has 5 nitrogen and oxygen atoms in total. The molecule has 0 unspecified atom stereocenters. The molecule has 0 radical (unpaired) electrons. The molecule has 1 aromatic heterocycles. The minimum absolute atomic E-state index is 0.543. The number of nitrogens with one attached hydrogen (secondary N) is 1. The predicted octanol–water partition coefficient (Wildman–Crippen LogP) is 1.58. The van der Waals surface area contributed by atoms with Gasteiger partial charge in [0.15, 0.2) is 5.82 Å². The Balaban J connectivity index is 1.81. The van der Waals surface area contributed by atoms with E-state index in [2.05, 4.69) is 36.6 Å². The third kappa shape index (κ3) is 3.02. The number of aromatic nitrogens is 4. The number of nitrogens with zero attached hydrogens (tertiary/aromatic N) is 3. The molecule has 0 saturated carbocycles. The average Bonchev–Trinajstić information content (AvgIpc) is 2.74. The topological polar surface area (TPSA) is 63.7 Å². The number of halogens is 1. The number of aromatic amines is 1. The van der Waals surface area contributed by atoms with Crippen LogP contribution in [0.1, 0.15) is 5.82 Å². The summed E-state index contributed by atoms with van der Waals surface area (Å²) in [7, 11) is 0. The molecule has 0 spiro atoms. The zero-order valence-electron chi connectivity index (χ0n) is 7.85. The van der Waals surface area contributed by atoms with Gasteiger partial charge in [-0.1, -0.05) is 21.1 Å². The summed E-state index contributed by atoms with van der Waals surface area (Å²) in [6.45, 7) is 0.543. The van der Waals surface area contributed by atoms with Crippen molar-refractivity contribution in [2.75, 3.05) is 6.61 Å². The van der Waals surface area contributed by atoms with E-state index in [1.807, 2.05) is 24.3 Å². The minimum Gasteiger partial charge on any atom is -0.493 e. The van der Waals surface area contributed by atoms with Crippen LogP contribution in [-0.4, -0.2) is 27.2 Å². The van der Waals surface area contributed by atoms with E-state index in [0.717, 1.165) is 10.2 Å². The number of hydrogen-bond acceptors (Lipinski definition) is 4. The quantitative estimate of drug-likeness (QED) is 0.915. The second-order valence-corrected chi connectivity index (χ2v) is 3.80. The van der Waals surface area contributed by atoms with E-state index in [9.17, 15) is 0 Å². The summed E-state index contributed by atoms with van der Waals surface area (Å²) in [5, 5.41) is 13.5. The van der Waals surface area contributed by atoms with E-state index in [-0.39, 0.29) is 0 Å². The standard InChI is InChI=1S/C9H9BrN4O/c10-7-1-3-8(4-2-7)15-6-5-9-11-13-14-12-9/h1-4H,5-6H2,(H,11,12,13,14). The largest absolute Gasteiger partial charge is 0.493 e. The molecular formula is C9H9BrN4O. The van der Waals surface area contributed by atoms with Gasteiger partial charge < -0.3 is 4.74 Å². The smallest absolute Gasteiger partial charge is 0.177 e. The van der Waals surface area contributed by atoms with Crippen molar-refractivity contribution in [2.24, 2.45) is 0 Å². The van der Waals surface area contributed by atoms with E-state index in [1.165, 1.54) is 0 Å². The lowest BCUT2D eigenvalue weighted by molar-refractivity contribution is 0.319. The molecular weight excluding hydrogens is 260 g/mol. The molecule has 0 aliphatic heterocycles. The third-order valence-electron chi connectivity index (χ3n) is 1.80. The van der Waals surface area contributed by atoms with Crippen LogP contribution in [0.25, 0.3) is 0 Å².